The van der Waals surface area contributed by atoms with Crippen LogP contribution in [0.15, 0.2) is 28.2 Å². The summed E-state index contributed by atoms with van der Waals surface area (Å²) in [6.07, 6.45) is 2.53. The van der Waals surface area contributed by atoms with Gasteiger partial charge in [-0.1, -0.05) is 0 Å². The van der Waals surface area contributed by atoms with Crippen LogP contribution in [0.1, 0.15) is 0 Å². The number of rotatable bonds is 0. The average molecular weight is 156 g/mol. The van der Waals surface area contributed by atoms with Gasteiger partial charge < -0.3 is 4.42 Å². The van der Waals surface area contributed by atoms with E-state index in [1.54, 1.807) is 11.0 Å². The first kappa shape index (κ1) is 6.81. The SMILES string of the molecule is c1nnco1.c1nncs1. The molecule has 6 heteroatoms. The summed E-state index contributed by atoms with van der Waals surface area (Å²) < 4.78 is 4.36. The zero-order chi connectivity index (χ0) is 7.07. The summed E-state index contributed by atoms with van der Waals surface area (Å²) in [5, 5.41) is 13.6. The Bertz CT molecular complexity index is 156. The lowest BCUT2D eigenvalue weighted by Gasteiger charge is -1.44. The van der Waals surface area contributed by atoms with E-state index in [1.807, 2.05) is 0 Å². The van der Waals surface area contributed by atoms with Gasteiger partial charge in [-0.2, -0.15) is 0 Å². The van der Waals surface area contributed by atoms with E-state index in [-0.39, 0.29) is 0 Å². The highest BCUT2D eigenvalue weighted by Crippen LogP contribution is 1.80. The van der Waals surface area contributed by atoms with Gasteiger partial charge in [0.25, 0.3) is 0 Å². The van der Waals surface area contributed by atoms with Gasteiger partial charge in [-0.15, -0.1) is 31.7 Å². The lowest BCUT2D eigenvalue weighted by molar-refractivity contribution is 0.553. The summed E-state index contributed by atoms with van der Waals surface area (Å²) in [5.41, 5.74) is 3.36. The van der Waals surface area contributed by atoms with E-state index in [4.69, 9.17) is 0 Å². The molecule has 0 amide bonds. The lowest BCUT2D eigenvalue weighted by Crippen LogP contribution is -1.53. The van der Waals surface area contributed by atoms with Crippen LogP contribution in [0.3, 0.4) is 0 Å². The number of hydrogen-bond acceptors (Lipinski definition) is 6. The fourth-order valence-corrected chi connectivity index (χ4v) is 0.544. The lowest BCUT2D eigenvalue weighted by atomic mass is 11.5. The molecule has 0 radical (unpaired) electrons. The first-order valence-electron chi connectivity index (χ1n) is 2.38. The molecule has 52 valence electrons. The largest absolute Gasteiger partial charge is 0.431 e. The zero-order valence-corrected chi connectivity index (χ0v) is 5.73. The Morgan fingerprint density at radius 3 is 1.70 bits per heavy atom. The van der Waals surface area contributed by atoms with E-state index in [9.17, 15) is 0 Å². The van der Waals surface area contributed by atoms with Crippen LogP contribution in [-0.2, 0) is 0 Å². The molecule has 0 spiro atoms. The highest BCUT2D eigenvalue weighted by atomic mass is 32.1. The van der Waals surface area contributed by atoms with Crippen LogP contribution in [0.2, 0.25) is 0 Å². The van der Waals surface area contributed by atoms with Crippen molar-refractivity contribution in [1.82, 2.24) is 20.4 Å². The minimum absolute atomic E-state index is 1.26. The molecule has 0 unspecified atom stereocenters. The van der Waals surface area contributed by atoms with Crippen molar-refractivity contribution < 1.29 is 4.42 Å². The Hall–Kier alpha value is -1.30. The standard InChI is InChI=1S/C2H2N2O.C2H2N2S/c2*1-3-4-2-5-1/h2*1-2H. The molecule has 2 heterocycles. The number of nitrogens with zero attached hydrogens (tertiary/aromatic N) is 4. The maximum atomic E-state index is 4.36. The molecule has 2 rings (SSSR count). The zero-order valence-electron chi connectivity index (χ0n) is 4.91. The smallest absolute Gasteiger partial charge is 0.203 e. The first-order chi connectivity index (χ1) is 5.00. The maximum Gasteiger partial charge on any atom is 0.203 e. The summed E-state index contributed by atoms with van der Waals surface area (Å²) in [6, 6.07) is 0. The second-order valence-corrected chi connectivity index (χ2v) is 1.85. The van der Waals surface area contributed by atoms with Crippen LogP contribution < -0.4 is 0 Å². The molecule has 0 saturated heterocycles. The molecule has 2 aromatic heterocycles. The molecule has 0 aromatic carbocycles. The normalized spacial score (nSPS) is 8.00. The minimum Gasteiger partial charge on any atom is -0.431 e. The Kier molecular flexibility index (Phi) is 3.11. The molecule has 2 aromatic rings. The fraction of sp³-hybridized carbons (Fsp3) is 0. The van der Waals surface area contributed by atoms with Gasteiger partial charge in [0.1, 0.15) is 11.0 Å². The second-order valence-electron chi connectivity index (χ2n) is 1.16. The Balaban J connectivity index is 0.0000001000. The Labute approximate surface area is 60.7 Å². The van der Waals surface area contributed by atoms with Gasteiger partial charge >= 0.3 is 0 Å². The molecule has 0 atom stereocenters. The van der Waals surface area contributed by atoms with Gasteiger partial charge in [-0.3, -0.25) is 0 Å². The molecule has 0 N–H and O–H groups in total. The molecule has 5 nitrogen and oxygen atoms in total. The molecular weight excluding hydrogens is 152 g/mol. The molecule has 0 fully saturated rings. The van der Waals surface area contributed by atoms with Gasteiger partial charge in [-0.05, 0) is 0 Å². The van der Waals surface area contributed by atoms with Crippen LogP contribution >= 0.6 is 11.3 Å². The topological polar surface area (TPSA) is 64.7 Å². The molecule has 0 aliphatic heterocycles. The Morgan fingerprint density at radius 2 is 1.50 bits per heavy atom. The first-order valence-corrected chi connectivity index (χ1v) is 3.32. The van der Waals surface area contributed by atoms with Crippen molar-refractivity contribution in [1.29, 1.82) is 0 Å². The van der Waals surface area contributed by atoms with Crippen LogP contribution in [0.5, 0.6) is 0 Å². The van der Waals surface area contributed by atoms with E-state index >= 15 is 0 Å². The monoisotopic (exact) mass is 156 g/mol. The predicted octanol–water partition coefficient (Wildman–Crippen LogP) is 0.608. The van der Waals surface area contributed by atoms with Crippen molar-refractivity contribution in [2.24, 2.45) is 0 Å². The molecule has 10 heavy (non-hydrogen) atoms. The summed E-state index contributed by atoms with van der Waals surface area (Å²) in [6.45, 7) is 0. The van der Waals surface area contributed by atoms with Gasteiger partial charge in [0.2, 0.25) is 12.8 Å². The molecule has 0 saturated carbocycles. The molecule has 0 aliphatic rings. The quantitative estimate of drug-likeness (QED) is 0.559. The van der Waals surface area contributed by atoms with E-state index in [1.165, 1.54) is 24.1 Å². The highest BCUT2D eigenvalue weighted by Gasteiger charge is 1.61. The van der Waals surface area contributed by atoms with E-state index < -0.39 is 0 Å². The second kappa shape index (κ2) is 4.57. The van der Waals surface area contributed by atoms with Gasteiger partial charge in [0.15, 0.2) is 0 Å². The van der Waals surface area contributed by atoms with E-state index in [2.05, 4.69) is 24.8 Å². The summed E-state index contributed by atoms with van der Waals surface area (Å²) in [4.78, 5) is 0. The number of aromatic nitrogens is 4. The van der Waals surface area contributed by atoms with Crippen molar-refractivity contribution in [3.63, 3.8) is 0 Å². The molecule has 0 bridgehead atoms. The van der Waals surface area contributed by atoms with E-state index in [0.717, 1.165) is 0 Å². The molecular formula is C4H4N4OS. The third-order valence-electron chi connectivity index (χ3n) is 0.565. The fourth-order valence-electron chi connectivity index (χ4n) is 0.272. The van der Waals surface area contributed by atoms with Crippen molar-refractivity contribution in [2.75, 3.05) is 0 Å². The van der Waals surface area contributed by atoms with Crippen molar-refractivity contribution in [3.05, 3.63) is 23.8 Å². The predicted molar refractivity (Wildman–Crippen MR) is 34.2 cm³/mol. The van der Waals surface area contributed by atoms with Gasteiger partial charge in [-0.25, -0.2) is 0 Å². The van der Waals surface area contributed by atoms with Crippen LogP contribution in [-0.4, -0.2) is 20.4 Å². The van der Waals surface area contributed by atoms with Crippen LogP contribution in [0, 0.1) is 0 Å². The van der Waals surface area contributed by atoms with Crippen molar-refractivity contribution >= 4 is 11.3 Å². The van der Waals surface area contributed by atoms with Gasteiger partial charge in [0.05, 0.1) is 0 Å². The van der Waals surface area contributed by atoms with Crippen molar-refractivity contribution in [3.8, 4) is 0 Å². The Morgan fingerprint density at radius 1 is 0.900 bits per heavy atom. The minimum atomic E-state index is 1.26. The summed E-state index contributed by atoms with van der Waals surface area (Å²) in [5.74, 6) is 0. The highest BCUT2D eigenvalue weighted by molar-refractivity contribution is 7.07. The van der Waals surface area contributed by atoms with E-state index in [0.29, 0.717) is 0 Å². The van der Waals surface area contributed by atoms with Crippen LogP contribution in [0.25, 0.3) is 0 Å². The van der Waals surface area contributed by atoms with Crippen molar-refractivity contribution in [2.45, 2.75) is 0 Å². The third-order valence-corrected chi connectivity index (χ3v) is 0.997. The number of hydrogen-bond donors (Lipinski definition) is 0. The van der Waals surface area contributed by atoms with Crippen LogP contribution in [0.4, 0.5) is 0 Å². The average Bonchev–Trinajstić information content (AvgIpc) is 2.67. The maximum absolute atomic E-state index is 4.36. The molecule has 0 aliphatic carbocycles. The summed E-state index contributed by atoms with van der Waals surface area (Å²) in [7, 11) is 0. The van der Waals surface area contributed by atoms with Gasteiger partial charge in [0, 0.05) is 0 Å². The third kappa shape index (κ3) is 2.88. The summed E-state index contributed by atoms with van der Waals surface area (Å²) >= 11 is 1.49.